The lowest BCUT2D eigenvalue weighted by Gasteiger charge is -2.32. The van der Waals surface area contributed by atoms with Crippen molar-refractivity contribution in [1.82, 2.24) is 25.3 Å². The first-order valence-corrected chi connectivity index (χ1v) is 8.16. The van der Waals surface area contributed by atoms with Gasteiger partial charge in [-0.3, -0.25) is 4.79 Å². The SMILES string of the molecule is CCOC(=O)C1CCN(c2nn3nnnc3c3ccccc23)CC1. The van der Waals surface area contributed by atoms with Crippen molar-refractivity contribution in [3.63, 3.8) is 0 Å². The summed E-state index contributed by atoms with van der Waals surface area (Å²) >= 11 is 0. The maximum absolute atomic E-state index is 11.9. The third-order valence-electron chi connectivity index (χ3n) is 4.47. The lowest BCUT2D eigenvalue weighted by atomic mass is 9.96. The highest BCUT2D eigenvalue weighted by molar-refractivity contribution is 5.99. The number of carbonyl (C=O) groups is 1. The van der Waals surface area contributed by atoms with E-state index in [1.54, 1.807) is 0 Å². The second-order valence-electron chi connectivity index (χ2n) is 5.87. The molecule has 0 amide bonds. The van der Waals surface area contributed by atoms with Crippen LogP contribution in [-0.2, 0) is 9.53 Å². The summed E-state index contributed by atoms with van der Waals surface area (Å²) in [5.41, 5.74) is 0.649. The van der Waals surface area contributed by atoms with Gasteiger partial charge in [0.05, 0.1) is 12.5 Å². The molecule has 4 rings (SSSR count). The smallest absolute Gasteiger partial charge is 0.309 e. The number of benzene rings is 1. The number of esters is 1. The van der Waals surface area contributed by atoms with Gasteiger partial charge in [-0.15, -0.1) is 14.8 Å². The van der Waals surface area contributed by atoms with Gasteiger partial charge < -0.3 is 9.64 Å². The quantitative estimate of drug-likeness (QED) is 0.673. The van der Waals surface area contributed by atoms with Crippen LogP contribution in [0, 0.1) is 5.92 Å². The summed E-state index contributed by atoms with van der Waals surface area (Å²) in [6.45, 7) is 3.79. The standard InChI is InChI=1S/C16H18N6O2/c1-2-24-16(23)11-7-9-21(10-8-11)15-13-6-4-3-5-12(13)14-17-19-20-22(14)18-15/h3-6,11H,2,7-10H2,1H3. The van der Waals surface area contributed by atoms with Crippen LogP contribution in [0.4, 0.5) is 5.82 Å². The number of rotatable bonds is 3. The van der Waals surface area contributed by atoms with Crippen LogP contribution >= 0.6 is 0 Å². The molecule has 0 radical (unpaired) electrons. The van der Waals surface area contributed by atoms with Crippen LogP contribution in [0.15, 0.2) is 24.3 Å². The van der Waals surface area contributed by atoms with Crippen LogP contribution < -0.4 is 4.90 Å². The Hall–Kier alpha value is -2.77. The second-order valence-corrected chi connectivity index (χ2v) is 5.87. The molecule has 0 N–H and O–H groups in total. The minimum Gasteiger partial charge on any atom is -0.466 e. The summed E-state index contributed by atoms with van der Waals surface area (Å²) in [5.74, 6) is 0.739. The molecule has 8 nitrogen and oxygen atoms in total. The Kier molecular flexibility index (Phi) is 3.72. The summed E-state index contributed by atoms with van der Waals surface area (Å²) in [4.78, 5) is 14.1. The van der Waals surface area contributed by atoms with E-state index >= 15 is 0 Å². The van der Waals surface area contributed by atoms with E-state index in [9.17, 15) is 4.79 Å². The number of carbonyl (C=O) groups excluding carboxylic acids is 1. The van der Waals surface area contributed by atoms with Gasteiger partial charge in [0.2, 0.25) is 5.65 Å². The van der Waals surface area contributed by atoms with Crippen molar-refractivity contribution in [2.24, 2.45) is 5.92 Å². The van der Waals surface area contributed by atoms with E-state index in [0.29, 0.717) is 12.3 Å². The Bertz CT molecular complexity index is 885. The normalized spacial score (nSPS) is 16.0. The number of piperidine rings is 1. The lowest BCUT2D eigenvalue weighted by Crippen LogP contribution is -2.37. The molecule has 8 heteroatoms. The van der Waals surface area contributed by atoms with Gasteiger partial charge in [0.25, 0.3) is 0 Å². The first-order valence-electron chi connectivity index (χ1n) is 8.16. The zero-order chi connectivity index (χ0) is 16.5. The Balaban J connectivity index is 1.66. The molecule has 1 saturated heterocycles. The highest BCUT2D eigenvalue weighted by Crippen LogP contribution is 2.29. The largest absolute Gasteiger partial charge is 0.466 e. The average Bonchev–Trinajstić information content (AvgIpc) is 3.10. The molecule has 3 aromatic rings. The summed E-state index contributed by atoms with van der Waals surface area (Å²) in [5, 5.41) is 18.3. The monoisotopic (exact) mass is 326 g/mol. The number of ether oxygens (including phenoxy) is 1. The molecule has 1 aliphatic rings. The number of fused-ring (bicyclic) bond motifs is 3. The zero-order valence-electron chi connectivity index (χ0n) is 13.4. The van der Waals surface area contributed by atoms with Crippen molar-refractivity contribution in [3.8, 4) is 0 Å². The predicted octanol–water partition coefficient (Wildman–Crippen LogP) is 1.45. The molecule has 0 bridgehead atoms. The molecule has 24 heavy (non-hydrogen) atoms. The Morgan fingerprint density at radius 1 is 1.25 bits per heavy atom. The minimum absolute atomic E-state index is 0.0239. The van der Waals surface area contributed by atoms with Gasteiger partial charge >= 0.3 is 5.97 Å². The van der Waals surface area contributed by atoms with E-state index in [1.165, 1.54) is 4.63 Å². The third-order valence-corrected chi connectivity index (χ3v) is 4.47. The van der Waals surface area contributed by atoms with E-state index in [1.807, 2.05) is 31.2 Å². The number of aromatic nitrogens is 5. The topological polar surface area (TPSA) is 85.5 Å². The number of nitrogens with zero attached hydrogens (tertiary/aromatic N) is 6. The lowest BCUT2D eigenvalue weighted by molar-refractivity contribution is -0.148. The number of tetrazole rings is 1. The molecule has 124 valence electrons. The fourth-order valence-corrected chi connectivity index (χ4v) is 3.25. The second kappa shape index (κ2) is 6.03. The number of hydrogen-bond donors (Lipinski definition) is 0. The molecule has 1 aromatic carbocycles. The number of anilines is 1. The summed E-state index contributed by atoms with van der Waals surface area (Å²) in [6.07, 6.45) is 1.53. The minimum atomic E-state index is -0.0918. The van der Waals surface area contributed by atoms with Crippen molar-refractivity contribution in [1.29, 1.82) is 0 Å². The number of hydrogen-bond acceptors (Lipinski definition) is 7. The zero-order valence-corrected chi connectivity index (χ0v) is 13.4. The third kappa shape index (κ3) is 2.44. The Morgan fingerprint density at radius 3 is 2.75 bits per heavy atom. The van der Waals surface area contributed by atoms with Crippen LogP contribution in [0.3, 0.4) is 0 Å². The maximum Gasteiger partial charge on any atom is 0.309 e. The first kappa shape index (κ1) is 14.8. The van der Waals surface area contributed by atoms with Gasteiger partial charge in [-0.25, -0.2) is 0 Å². The van der Waals surface area contributed by atoms with Crippen LogP contribution in [0.5, 0.6) is 0 Å². The van der Waals surface area contributed by atoms with Crippen LogP contribution in [0.2, 0.25) is 0 Å². The molecular formula is C16H18N6O2. The first-order chi connectivity index (χ1) is 11.8. The Morgan fingerprint density at radius 2 is 2.00 bits per heavy atom. The average molecular weight is 326 g/mol. The van der Waals surface area contributed by atoms with E-state index in [-0.39, 0.29) is 11.9 Å². The fraction of sp³-hybridized carbons (Fsp3) is 0.438. The molecule has 0 aliphatic carbocycles. The molecule has 3 heterocycles. The maximum atomic E-state index is 11.9. The van der Waals surface area contributed by atoms with Crippen LogP contribution in [0.25, 0.3) is 16.4 Å². The van der Waals surface area contributed by atoms with E-state index in [2.05, 4.69) is 25.5 Å². The molecular weight excluding hydrogens is 308 g/mol. The molecule has 0 atom stereocenters. The van der Waals surface area contributed by atoms with Crippen molar-refractivity contribution in [2.75, 3.05) is 24.6 Å². The van der Waals surface area contributed by atoms with Crippen molar-refractivity contribution < 1.29 is 9.53 Å². The van der Waals surface area contributed by atoms with Crippen molar-refractivity contribution in [2.45, 2.75) is 19.8 Å². The predicted molar refractivity (Wildman–Crippen MR) is 87.7 cm³/mol. The van der Waals surface area contributed by atoms with Gasteiger partial charge in [0.15, 0.2) is 5.82 Å². The Labute approximate surface area is 138 Å². The van der Waals surface area contributed by atoms with Gasteiger partial charge in [-0.2, -0.15) is 0 Å². The van der Waals surface area contributed by atoms with E-state index in [0.717, 1.165) is 42.5 Å². The highest BCUT2D eigenvalue weighted by Gasteiger charge is 2.28. The van der Waals surface area contributed by atoms with E-state index < -0.39 is 0 Å². The van der Waals surface area contributed by atoms with E-state index in [4.69, 9.17) is 4.74 Å². The summed E-state index contributed by atoms with van der Waals surface area (Å²) < 4.78 is 6.60. The molecule has 1 aliphatic heterocycles. The molecule has 0 spiro atoms. The van der Waals surface area contributed by atoms with Gasteiger partial charge in [0, 0.05) is 23.9 Å². The van der Waals surface area contributed by atoms with Crippen LogP contribution in [0.1, 0.15) is 19.8 Å². The fourth-order valence-electron chi connectivity index (χ4n) is 3.25. The van der Waals surface area contributed by atoms with Gasteiger partial charge in [-0.05, 0) is 30.2 Å². The molecule has 0 saturated carbocycles. The molecule has 2 aromatic heterocycles. The van der Waals surface area contributed by atoms with Crippen molar-refractivity contribution in [3.05, 3.63) is 24.3 Å². The summed E-state index contributed by atoms with van der Waals surface area (Å²) in [7, 11) is 0. The van der Waals surface area contributed by atoms with Gasteiger partial charge in [-0.1, -0.05) is 24.3 Å². The highest BCUT2D eigenvalue weighted by atomic mass is 16.5. The van der Waals surface area contributed by atoms with Crippen LogP contribution in [-0.4, -0.2) is 50.9 Å². The molecule has 1 fully saturated rings. The summed E-state index contributed by atoms with van der Waals surface area (Å²) in [6, 6.07) is 7.98. The van der Waals surface area contributed by atoms with Gasteiger partial charge in [0.1, 0.15) is 0 Å². The molecule has 0 unspecified atom stereocenters. The van der Waals surface area contributed by atoms with Crippen molar-refractivity contribution >= 4 is 28.2 Å².